The lowest BCUT2D eigenvalue weighted by molar-refractivity contribution is 0.698. The summed E-state index contributed by atoms with van der Waals surface area (Å²) in [6.45, 7) is 4.59. The minimum absolute atomic E-state index is 0.834. The summed E-state index contributed by atoms with van der Waals surface area (Å²) in [4.78, 5) is 0. The Labute approximate surface area is 110 Å². The second kappa shape index (κ2) is 8.94. The van der Waals surface area contributed by atoms with Gasteiger partial charge in [0, 0.05) is 0 Å². The Morgan fingerprint density at radius 3 is 1.85 bits per heavy atom. The average Bonchev–Trinajstić information content (AvgIpc) is 2.09. The molecule has 0 aliphatic carbocycles. The fourth-order valence-corrected chi connectivity index (χ4v) is 7.84. The van der Waals surface area contributed by atoms with Gasteiger partial charge in [0.1, 0.15) is 0 Å². The first-order chi connectivity index (χ1) is 6.12. The van der Waals surface area contributed by atoms with Crippen LogP contribution in [0, 0.1) is 0 Å². The molecule has 0 aliphatic rings. The van der Waals surface area contributed by atoms with E-state index in [1.165, 1.54) is 50.6 Å². The predicted octanol–water partition coefficient (Wildman–Crippen LogP) is 5.68. The quantitative estimate of drug-likeness (QED) is 0.204. The summed E-state index contributed by atoms with van der Waals surface area (Å²) in [5, 5.41) is 0. The number of rotatable bonds is 8. The molecule has 0 aliphatic heterocycles. The first-order valence-corrected chi connectivity index (χ1v) is 14.1. The van der Waals surface area contributed by atoms with Crippen LogP contribution in [0.2, 0.25) is 12.1 Å². The zero-order valence-electron chi connectivity index (χ0n) is 8.91. The van der Waals surface area contributed by atoms with Crippen molar-refractivity contribution in [3.63, 3.8) is 0 Å². The number of hydrogen-bond donors (Lipinski definition) is 0. The highest BCUT2D eigenvalue weighted by Crippen LogP contribution is 2.34. The van der Waals surface area contributed by atoms with Crippen LogP contribution in [0.25, 0.3) is 0 Å². The molecule has 0 aromatic heterocycles. The van der Waals surface area contributed by atoms with E-state index < -0.39 is 3.07 Å². The first-order valence-electron chi connectivity index (χ1n) is 5.50. The van der Waals surface area contributed by atoms with Gasteiger partial charge in [-0.1, -0.05) is 52.4 Å². The van der Waals surface area contributed by atoms with Crippen molar-refractivity contribution in [1.82, 2.24) is 0 Å². The van der Waals surface area contributed by atoms with Crippen LogP contribution in [0.3, 0.4) is 0 Å². The fraction of sp³-hybridized carbons (Fsp3) is 1.00. The van der Waals surface area contributed by atoms with E-state index in [2.05, 4.69) is 57.4 Å². The van der Waals surface area contributed by atoms with Gasteiger partial charge in [-0.05, 0) is 12.1 Å². The maximum Gasteiger partial charge on any atom is 0.192 e. The first kappa shape index (κ1) is 14.7. The van der Waals surface area contributed by atoms with Crippen LogP contribution in [0.4, 0.5) is 0 Å². The zero-order chi connectivity index (χ0) is 10.2. The maximum atomic E-state index is 2.78. The highest BCUT2D eigenvalue weighted by Gasteiger charge is 2.24. The zero-order valence-corrected chi connectivity index (χ0v) is 14.2. The molecule has 0 fully saturated rings. The molecule has 0 bridgehead atoms. The summed E-state index contributed by atoms with van der Waals surface area (Å²) in [5.74, 6) is 0. The lowest BCUT2D eigenvalue weighted by Crippen LogP contribution is -2.15. The Kier molecular flexibility index (Phi) is 10.1. The van der Waals surface area contributed by atoms with Gasteiger partial charge in [0.2, 0.25) is 0 Å². The van der Waals surface area contributed by atoms with Gasteiger partial charge in [0.25, 0.3) is 0 Å². The van der Waals surface area contributed by atoms with Crippen LogP contribution < -0.4 is 0 Å². The molecule has 0 spiro atoms. The number of halogens is 2. The summed E-state index contributed by atoms with van der Waals surface area (Å²) in [6.07, 6.45) is 8.57. The third kappa shape index (κ3) is 9.97. The van der Waals surface area contributed by atoms with Crippen molar-refractivity contribution in [2.45, 2.75) is 64.5 Å². The van der Waals surface area contributed by atoms with Crippen molar-refractivity contribution < 1.29 is 0 Å². The second-order valence-corrected chi connectivity index (χ2v) is 25.1. The van der Waals surface area contributed by atoms with Gasteiger partial charge in [0.05, 0.1) is 0 Å². The highest BCUT2D eigenvalue weighted by atomic mass is 127. The van der Waals surface area contributed by atoms with E-state index in [4.69, 9.17) is 0 Å². The fourth-order valence-electron chi connectivity index (χ4n) is 1.37. The molecule has 13 heavy (non-hydrogen) atoms. The van der Waals surface area contributed by atoms with Crippen LogP contribution in [0.5, 0.6) is 0 Å². The minimum atomic E-state index is -0.834. The summed E-state index contributed by atoms with van der Waals surface area (Å²) < 4.78 is -0.834. The Morgan fingerprint density at radius 2 is 1.31 bits per heavy atom. The molecule has 0 amide bonds. The van der Waals surface area contributed by atoms with Gasteiger partial charge in [-0.25, -0.2) is 0 Å². The van der Waals surface area contributed by atoms with E-state index in [1.807, 2.05) is 0 Å². The van der Waals surface area contributed by atoms with Crippen molar-refractivity contribution in [2.24, 2.45) is 0 Å². The number of hydrogen-bond acceptors (Lipinski definition) is 0. The largest absolute Gasteiger partial charge is 0.192 e. The Balaban J connectivity index is 3.39. The molecule has 0 radical (unpaired) electrons. The monoisotopic (exact) mass is 424 g/mol. The molecule has 0 atom stereocenters. The van der Waals surface area contributed by atoms with Gasteiger partial charge in [-0.3, -0.25) is 0 Å². The minimum Gasteiger partial charge on any atom is -0.105 e. The molecular weight excluding hydrogens is 402 g/mol. The lowest BCUT2D eigenvalue weighted by atomic mass is 10.2. The van der Waals surface area contributed by atoms with Crippen LogP contribution in [0.1, 0.15) is 52.4 Å². The average molecular weight is 424 g/mol. The van der Waals surface area contributed by atoms with Crippen molar-refractivity contribution >= 4 is 46.7 Å². The third-order valence-corrected chi connectivity index (χ3v) is 10.9. The lowest BCUT2D eigenvalue weighted by Gasteiger charge is -2.16. The van der Waals surface area contributed by atoms with Crippen LogP contribution >= 0.6 is 43.6 Å². The van der Waals surface area contributed by atoms with Gasteiger partial charge >= 0.3 is 0 Å². The van der Waals surface area contributed by atoms with Crippen molar-refractivity contribution in [3.05, 3.63) is 0 Å². The molecule has 0 saturated carbocycles. The summed E-state index contributed by atoms with van der Waals surface area (Å²) in [7, 11) is 0. The molecule has 0 aromatic carbocycles. The number of unbranched alkanes of at least 4 members (excludes halogenated alkanes) is 4. The van der Waals surface area contributed by atoms with Gasteiger partial charge in [-0.15, -0.1) is 43.6 Å². The molecule has 3 heteroatoms. The smallest absolute Gasteiger partial charge is 0.105 e. The van der Waals surface area contributed by atoms with Crippen LogP contribution in [-0.4, -0.2) is 3.07 Å². The summed E-state index contributed by atoms with van der Waals surface area (Å²) in [6, 6.07) is 3.06. The molecular formula is C10H22I2Si. The van der Waals surface area contributed by atoms with E-state index in [0.29, 0.717) is 0 Å². The third-order valence-electron chi connectivity index (χ3n) is 2.29. The van der Waals surface area contributed by atoms with Crippen molar-refractivity contribution in [2.75, 3.05) is 0 Å². The Bertz CT molecular complexity index is 115. The molecule has 0 N–H and O–H groups in total. The highest BCUT2D eigenvalue weighted by molar-refractivity contribution is 14.3. The molecule has 80 valence electrons. The van der Waals surface area contributed by atoms with Crippen molar-refractivity contribution in [1.29, 1.82) is 0 Å². The Morgan fingerprint density at radius 1 is 0.769 bits per heavy atom. The Hall–Kier alpha value is 1.68. The van der Waals surface area contributed by atoms with Gasteiger partial charge in [-0.2, -0.15) is 0 Å². The SMILES string of the molecule is CCCCCC[Si](I)(I)CCCC. The van der Waals surface area contributed by atoms with Crippen molar-refractivity contribution in [3.8, 4) is 0 Å². The van der Waals surface area contributed by atoms with Gasteiger partial charge in [0.15, 0.2) is 3.07 Å². The topological polar surface area (TPSA) is 0 Å². The van der Waals surface area contributed by atoms with E-state index in [1.54, 1.807) is 0 Å². The molecule has 0 aromatic rings. The van der Waals surface area contributed by atoms with E-state index in [0.717, 1.165) is 0 Å². The predicted molar refractivity (Wildman–Crippen MR) is 82.5 cm³/mol. The molecule has 0 rings (SSSR count). The van der Waals surface area contributed by atoms with E-state index in [9.17, 15) is 0 Å². The standard InChI is InChI=1S/C10H22I2Si/c1-3-5-7-8-10-13(11,12)9-6-4-2/h3-10H2,1-2H3. The van der Waals surface area contributed by atoms with Crippen LogP contribution in [-0.2, 0) is 0 Å². The normalized spacial score (nSPS) is 12.0. The second-order valence-electron chi connectivity index (χ2n) is 3.77. The van der Waals surface area contributed by atoms with E-state index in [-0.39, 0.29) is 0 Å². The summed E-state index contributed by atoms with van der Waals surface area (Å²) in [5.41, 5.74) is 0. The van der Waals surface area contributed by atoms with E-state index >= 15 is 0 Å². The van der Waals surface area contributed by atoms with Gasteiger partial charge < -0.3 is 0 Å². The van der Waals surface area contributed by atoms with Crippen LogP contribution in [0.15, 0.2) is 0 Å². The summed E-state index contributed by atoms with van der Waals surface area (Å²) >= 11 is 5.55. The maximum absolute atomic E-state index is 2.78. The molecule has 0 unspecified atom stereocenters. The molecule has 0 saturated heterocycles. The molecule has 0 heterocycles. The molecule has 0 nitrogen and oxygen atoms in total.